The number of likely N-dealkylation sites (tertiary alicyclic amines) is 1. The van der Waals surface area contributed by atoms with Crippen LogP contribution in [0, 0.1) is 11.8 Å². The SMILES string of the molecule is O=C1CCCC1C1CCCCN1C(=O)CCC1CCCC1. The molecule has 2 aliphatic carbocycles. The summed E-state index contributed by atoms with van der Waals surface area (Å²) >= 11 is 0. The van der Waals surface area contributed by atoms with E-state index < -0.39 is 0 Å². The van der Waals surface area contributed by atoms with E-state index >= 15 is 0 Å². The topological polar surface area (TPSA) is 37.4 Å². The fourth-order valence-corrected chi connectivity index (χ4v) is 4.71. The molecule has 3 heteroatoms. The molecule has 0 spiro atoms. The molecule has 0 radical (unpaired) electrons. The maximum atomic E-state index is 12.6. The minimum Gasteiger partial charge on any atom is -0.339 e. The minimum atomic E-state index is 0.153. The van der Waals surface area contributed by atoms with Crippen LogP contribution in [0.1, 0.15) is 77.0 Å². The number of hydrogen-bond acceptors (Lipinski definition) is 2. The Morgan fingerprint density at radius 2 is 1.76 bits per heavy atom. The van der Waals surface area contributed by atoms with Gasteiger partial charge in [-0.25, -0.2) is 0 Å². The molecule has 0 N–H and O–H groups in total. The fourth-order valence-electron chi connectivity index (χ4n) is 4.71. The van der Waals surface area contributed by atoms with E-state index in [1.165, 1.54) is 32.1 Å². The summed E-state index contributed by atoms with van der Waals surface area (Å²) in [6, 6.07) is 0.227. The van der Waals surface area contributed by atoms with Crippen LogP contribution >= 0.6 is 0 Å². The quantitative estimate of drug-likeness (QED) is 0.792. The van der Waals surface area contributed by atoms with Crippen molar-refractivity contribution < 1.29 is 9.59 Å². The third-order valence-corrected chi connectivity index (χ3v) is 5.93. The highest BCUT2D eigenvalue weighted by molar-refractivity contribution is 5.85. The molecule has 21 heavy (non-hydrogen) atoms. The van der Waals surface area contributed by atoms with Crippen molar-refractivity contribution in [3.05, 3.63) is 0 Å². The zero-order valence-corrected chi connectivity index (χ0v) is 13.2. The molecule has 0 aromatic carbocycles. The van der Waals surface area contributed by atoms with Crippen LogP contribution in [0.5, 0.6) is 0 Å². The number of amides is 1. The molecule has 1 aliphatic heterocycles. The van der Waals surface area contributed by atoms with Crippen LogP contribution in [0.4, 0.5) is 0 Å². The number of carbonyl (C=O) groups excluding carboxylic acids is 2. The zero-order valence-electron chi connectivity index (χ0n) is 13.2. The van der Waals surface area contributed by atoms with Gasteiger partial charge in [0.25, 0.3) is 0 Å². The van der Waals surface area contributed by atoms with E-state index in [-0.39, 0.29) is 12.0 Å². The lowest BCUT2D eigenvalue weighted by Gasteiger charge is -2.39. The number of ketones is 1. The second-order valence-electron chi connectivity index (χ2n) is 7.30. The van der Waals surface area contributed by atoms with Crippen molar-refractivity contribution in [3.8, 4) is 0 Å². The first-order valence-electron chi connectivity index (χ1n) is 9.08. The number of nitrogens with zero attached hydrogens (tertiary/aromatic N) is 1. The normalized spacial score (nSPS) is 31.0. The van der Waals surface area contributed by atoms with Crippen molar-refractivity contribution in [1.29, 1.82) is 0 Å². The van der Waals surface area contributed by atoms with Gasteiger partial charge in [0.05, 0.1) is 0 Å². The molecule has 3 nitrogen and oxygen atoms in total. The second kappa shape index (κ2) is 6.93. The van der Waals surface area contributed by atoms with Crippen molar-refractivity contribution >= 4 is 11.7 Å². The van der Waals surface area contributed by atoms with Crippen molar-refractivity contribution in [1.82, 2.24) is 4.90 Å². The van der Waals surface area contributed by atoms with E-state index in [0.29, 0.717) is 18.1 Å². The van der Waals surface area contributed by atoms with E-state index in [4.69, 9.17) is 0 Å². The molecule has 2 unspecified atom stereocenters. The molecule has 118 valence electrons. The van der Waals surface area contributed by atoms with E-state index in [1.54, 1.807) is 0 Å². The van der Waals surface area contributed by atoms with E-state index in [0.717, 1.165) is 51.0 Å². The number of carbonyl (C=O) groups is 2. The van der Waals surface area contributed by atoms with E-state index in [9.17, 15) is 9.59 Å². The lowest BCUT2D eigenvalue weighted by molar-refractivity contribution is -0.138. The van der Waals surface area contributed by atoms with Gasteiger partial charge in [-0.05, 0) is 44.4 Å². The number of Topliss-reactive ketones (excluding diaryl/α,β-unsaturated/α-hetero) is 1. The van der Waals surface area contributed by atoms with Gasteiger partial charge >= 0.3 is 0 Å². The van der Waals surface area contributed by atoms with Crippen molar-refractivity contribution in [3.63, 3.8) is 0 Å². The Hall–Kier alpha value is -0.860. The molecule has 1 saturated heterocycles. The summed E-state index contributed by atoms with van der Waals surface area (Å²) in [6.45, 7) is 0.887. The van der Waals surface area contributed by atoms with Crippen LogP contribution in [-0.2, 0) is 9.59 Å². The van der Waals surface area contributed by atoms with E-state index in [2.05, 4.69) is 4.90 Å². The summed E-state index contributed by atoms with van der Waals surface area (Å²) in [4.78, 5) is 26.8. The van der Waals surface area contributed by atoms with E-state index in [1.807, 2.05) is 0 Å². The van der Waals surface area contributed by atoms with Crippen molar-refractivity contribution in [2.24, 2.45) is 11.8 Å². The van der Waals surface area contributed by atoms with Crippen LogP contribution in [-0.4, -0.2) is 29.2 Å². The summed E-state index contributed by atoms with van der Waals surface area (Å²) in [5.74, 6) is 1.67. The Kier molecular flexibility index (Phi) is 4.97. The molecular formula is C18H29NO2. The van der Waals surface area contributed by atoms with Crippen LogP contribution in [0.25, 0.3) is 0 Å². The summed E-state index contributed by atoms with van der Waals surface area (Å²) in [6.07, 6.45) is 13.2. The molecule has 2 atom stereocenters. The molecule has 1 amide bonds. The highest BCUT2D eigenvalue weighted by Gasteiger charge is 2.38. The summed E-state index contributed by atoms with van der Waals surface area (Å²) in [5, 5.41) is 0. The smallest absolute Gasteiger partial charge is 0.222 e. The Balaban J connectivity index is 1.57. The molecular weight excluding hydrogens is 262 g/mol. The lowest BCUT2D eigenvalue weighted by Crippen LogP contribution is -2.48. The van der Waals surface area contributed by atoms with Crippen LogP contribution in [0.15, 0.2) is 0 Å². The zero-order chi connectivity index (χ0) is 14.7. The van der Waals surface area contributed by atoms with Gasteiger partial charge in [-0.3, -0.25) is 9.59 Å². The first-order chi connectivity index (χ1) is 10.3. The van der Waals surface area contributed by atoms with Gasteiger partial charge in [0, 0.05) is 31.3 Å². The molecule has 1 heterocycles. The van der Waals surface area contributed by atoms with Gasteiger partial charge in [-0.1, -0.05) is 25.7 Å². The number of piperidine rings is 1. The third-order valence-electron chi connectivity index (χ3n) is 5.93. The molecule has 3 fully saturated rings. The highest BCUT2D eigenvalue weighted by atomic mass is 16.2. The average molecular weight is 291 g/mol. The van der Waals surface area contributed by atoms with Crippen molar-refractivity contribution in [2.75, 3.05) is 6.54 Å². The lowest BCUT2D eigenvalue weighted by atomic mass is 9.88. The molecule has 3 aliphatic rings. The molecule has 0 bridgehead atoms. The monoisotopic (exact) mass is 291 g/mol. The summed E-state index contributed by atoms with van der Waals surface area (Å²) in [5.41, 5.74) is 0. The summed E-state index contributed by atoms with van der Waals surface area (Å²) in [7, 11) is 0. The largest absolute Gasteiger partial charge is 0.339 e. The maximum Gasteiger partial charge on any atom is 0.222 e. The molecule has 2 saturated carbocycles. The van der Waals surface area contributed by atoms with Crippen molar-refractivity contribution in [2.45, 2.75) is 83.1 Å². The second-order valence-corrected chi connectivity index (χ2v) is 7.30. The average Bonchev–Trinajstić information content (AvgIpc) is 3.16. The Labute approximate surface area is 128 Å². The number of rotatable bonds is 4. The Bertz CT molecular complexity index is 387. The van der Waals surface area contributed by atoms with Gasteiger partial charge in [-0.2, -0.15) is 0 Å². The summed E-state index contributed by atoms with van der Waals surface area (Å²) < 4.78 is 0. The van der Waals surface area contributed by atoms with Crippen LogP contribution < -0.4 is 0 Å². The van der Waals surface area contributed by atoms with Gasteiger partial charge in [-0.15, -0.1) is 0 Å². The molecule has 0 aromatic rings. The first-order valence-corrected chi connectivity index (χ1v) is 9.08. The predicted octanol–water partition coefficient (Wildman–Crippen LogP) is 3.71. The van der Waals surface area contributed by atoms with Crippen LogP contribution in [0.3, 0.4) is 0 Å². The Morgan fingerprint density at radius 3 is 2.48 bits per heavy atom. The Morgan fingerprint density at radius 1 is 1.00 bits per heavy atom. The number of hydrogen-bond donors (Lipinski definition) is 0. The predicted molar refractivity (Wildman–Crippen MR) is 82.9 cm³/mol. The van der Waals surface area contributed by atoms with Gasteiger partial charge in [0.2, 0.25) is 5.91 Å². The third kappa shape index (κ3) is 3.49. The highest BCUT2D eigenvalue weighted by Crippen LogP contribution is 2.34. The van der Waals surface area contributed by atoms with Gasteiger partial charge in [0.1, 0.15) is 5.78 Å². The van der Waals surface area contributed by atoms with Crippen LogP contribution in [0.2, 0.25) is 0 Å². The van der Waals surface area contributed by atoms with Gasteiger partial charge in [0.15, 0.2) is 0 Å². The fraction of sp³-hybridized carbons (Fsp3) is 0.889. The molecule has 3 rings (SSSR count). The minimum absolute atomic E-state index is 0.153. The molecule has 0 aromatic heterocycles. The first kappa shape index (κ1) is 15.1. The standard InChI is InChI=1S/C18H29NO2/c20-17-10-5-8-15(17)16-9-3-4-13-19(16)18(21)12-11-14-6-1-2-7-14/h14-16H,1-13H2. The maximum absolute atomic E-state index is 12.6. The van der Waals surface area contributed by atoms with Gasteiger partial charge < -0.3 is 4.90 Å².